The van der Waals surface area contributed by atoms with E-state index in [0.29, 0.717) is 11.4 Å². The first-order valence-electron chi connectivity index (χ1n) is 11.0. The molecule has 1 fully saturated rings. The number of nitrogens with one attached hydrogen (secondary N) is 1. The minimum absolute atomic E-state index is 0.208. The maximum absolute atomic E-state index is 15.0. The van der Waals surface area contributed by atoms with E-state index in [-0.39, 0.29) is 17.4 Å². The zero-order chi connectivity index (χ0) is 22.2. The number of rotatable bonds is 4. The summed E-state index contributed by atoms with van der Waals surface area (Å²) in [4.78, 5) is 3.73. The number of anilines is 1. The molecule has 1 aliphatic heterocycles. The largest absolute Gasteiger partial charge is 0.360 e. The van der Waals surface area contributed by atoms with Crippen molar-refractivity contribution in [1.82, 2.24) is 20.2 Å². The third-order valence-corrected chi connectivity index (χ3v) is 6.12. The highest BCUT2D eigenvalue weighted by molar-refractivity contribution is 5.55. The van der Waals surface area contributed by atoms with Crippen LogP contribution in [-0.4, -0.2) is 46.4 Å². The topological polar surface area (TPSA) is 51.3 Å². The summed E-state index contributed by atoms with van der Waals surface area (Å²) < 4.78 is 16.8. The first-order chi connectivity index (χ1) is 14.8. The standard InChI is InChI=1S/C24H31FN6/c1-17-10-11-18(2)21(16-17)29-12-14-30(15-13-29)22(19-8-6-7-9-20(19)25)23-26-27-28-31(23)24(3,4)5/h6-11,16,22H,12-15H2,1-5H3/p+1/t22-/m0/s1. The Kier molecular flexibility index (Phi) is 5.79. The lowest BCUT2D eigenvalue weighted by Gasteiger charge is -2.38. The molecule has 0 unspecified atom stereocenters. The molecule has 6 nitrogen and oxygen atoms in total. The van der Waals surface area contributed by atoms with Crippen molar-refractivity contribution in [2.45, 2.75) is 46.2 Å². The molecule has 3 aromatic rings. The molecule has 0 aliphatic carbocycles. The van der Waals surface area contributed by atoms with E-state index in [0.717, 1.165) is 26.2 Å². The van der Waals surface area contributed by atoms with E-state index in [2.05, 4.69) is 73.2 Å². The van der Waals surface area contributed by atoms with Crippen molar-refractivity contribution < 1.29 is 9.29 Å². The molecule has 31 heavy (non-hydrogen) atoms. The fraction of sp³-hybridized carbons (Fsp3) is 0.458. The summed E-state index contributed by atoms with van der Waals surface area (Å²) in [6.07, 6.45) is 0. The fourth-order valence-corrected chi connectivity index (χ4v) is 4.49. The predicted molar refractivity (Wildman–Crippen MR) is 120 cm³/mol. The van der Waals surface area contributed by atoms with Gasteiger partial charge in [0.2, 0.25) is 5.82 Å². The molecule has 1 aliphatic rings. The van der Waals surface area contributed by atoms with Gasteiger partial charge >= 0.3 is 0 Å². The lowest BCUT2D eigenvalue weighted by Crippen LogP contribution is -3.15. The van der Waals surface area contributed by atoms with Gasteiger partial charge in [-0.15, -0.1) is 5.10 Å². The minimum Gasteiger partial charge on any atom is -0.360 e. The molecule has 0 spiro atoms. The SMILES string of the molecule is Cc1ccc(C)c(N2CC[NH+]([C@@H](c3ccccc3F)c3nnnn3C(C)(C)C)CC2)c1. The summed E-state index contributed by atoms with van der Waals surface area (Å²) in [5.74, 6) is 0.508. The molecule has 164 valence electrons. The Balaban J connectivity index is 1.66. The maximum atomic E-state index is 15.0. The number of hydrogen-bond donors (Lipinski definition) is 1. The zero-order valence-corrected chi connectivity index (χ0v) is 19.1. The van der Waals surface area contributed by atoms with Gasteiger partial charge in [-0.05, 0) is 74.4 Å². The van der Waals surface area contributed by atoms with E-state index < -0.39 is 0 Å². The third kappa shape index (κ3) is 4.32. The highest BCUT2D eigenvalue weighted by atomic mass is 19.1. The molecule has 0 bridgehead atoms. The second-order valence-corrected chi connectivity index (χ2v) is 9.51. The number of piperazine rings is 1. The highest BCUT2D eigenvalue weighted by Gasteiger charge is 2.37. The van der Waals surface area contributed by atoms with Crippen LogP contribution in [0.3, 0.4) is 0 Å². The summed E-state index contributed by atoms with van der Waals surface area (Å²) in [6.45, 7) is 14.1. The van der Waals surface area contributed by atoms with E-state index in [1.807, 2.05) is 16.8 Å². The normalized spacial score (nSPS) is 16.5. The highest BCUT2D eigenvalue weighted by Crippen LogP contribution is 2.25. The number of aromatic nitrogens is 4. The molecule has 0 radical (unpaired) electrons. The number of benzene rings is 2. The molecule has 1 atom stereocenters. The van der Waals surface area contributed by atoms with E-state index in [1.54, 1.807) is 6.07 Å². The van der Waals surface area contributed by atoms with Crippen LogP contribution in [0.15, 0.2) is 42.5 Å². The van der Waals surface area contributed by atoms with Gasteiger partial charge in [-0.3, -0.25) is 0 Å². The fourth-order valence-electron chi connectivity index (χ4n) is 4.49. The third-order valence-electron chi connectivity index (χ3n) is 6.12. The molecule has 2 heterocycles. The molecular formula is C24H32FN6+. The first kappa shape index (κ1) is 21.4. The van der Waals surface area contributed by atoms with E-state index >= 15 is 0 Å². The Morgan fingerprint density at radius 2 is 1.74 bits per heavy atom. The Morgan fingerprint density at radius 3 is 2.42 bits per heavy atom. The van der Waals surface area contributed by atoms with Crippen molar-refractivity contribution in [2.24, 2.45) is 0 Å². The van der Waals surface area contributed by atoms with Gasteiger partial charge in [-0.2, -0.15) is 0 Å². The van der Waals surface area contributed by atoms with Crippen LogP contribution in [0.4, 0.5) is 10.1 Å². The quantitative estimate of drug-likeness (QED) is 0.701. The molecule has 1 N–H and O–H groups in total. The molecule has 0 amide bonds. The number of halogens is 1. The minimum atomic E-state index is -0.289. The summed E-state index contributed by atoms with van der Waals surface area (Å²) >= 11 is 0. The van der Waals surface area contributed by atoms with Crippen molar-refractivity contribution in [2.75, 3.05) is 31.1 Å². The van der Waals surface area contributed by atoms with Crippen LogP contribution in [0.5, 0.6) is 0 Å². The average Bonchev–Trinajstić information content (AvgIpc) is 3.22. The Bertz CT molecular complexity index is 1050. The monoisotopic (exact) mass is 423 g/mol. The van der Waals surface area contributed by atoms with Gasteiger partial charge in [0, 0.05) is 5.69 Å². The average molecular weight is 424 g/mol. The van der Waals surface area contributed by atoms with E-state index in [1.165, 1.54) is 27.8 Å². The summed E-state index contributed by atoms with van der Waals surface area (Å²) in [5.41, 5.74) is 4.21. The predicted octanol–water partition coefficient (Wildman–Crippen LogP) is 2.68. The second-order valence-electron chi connectivity index (χ2n) is 9.51. The summed E-state index contributed by atoms with van der Waals surface area (Å²) in [6, 6.07) is 13.4. The van der Waals surface area contributed by atoms with E-state index in [9.17, 15) is 4.39 Å². The lowest BCUT2D eigenvalue weighted by atomic mass is 10.0. The molecule has 4 rings (SSSR count). The Labute approximate surface area is 183 Å². The van der Waals surface area contributed by atoms with Crippen LogP contribution in [0, 0.1) is 19.7 Å². The number of nitrogens with zero attached hydrogens (tertiary/aromatic N) is 5. The number of hydrogen-bond acceptors (Lipinski definition) is 4. The summed E-state index contributed by atoms with van der Waals surface area (Å²) in [5, 5.41) is 12.6. The second kappa shape index (κ2) is 8.38. The van der Waals surface area contributed by atoms with Gasteiger partial charge in [0.15, 0.2) is 6.04 Å². The smallest absolute Gasteiger partial charge is 0.214 e. The lowest BCUT2D eigenvalue weighted by molar-refractivity contribution is -0.927. The van der Waals surface area contributed by atoms with Crippen LogP contribution < -0.4 is 9.80 Å². The maximum Gasteiger partial charge on any atom is 0.214 e. The van der Waals surface area contributed by atoms with Gasteiger partial charge in [0.05, 0.1) is 37.3 Å². The van der Waals surface area contributed by atoms with Crippen LogP contribution in [0.2, 0.25) is 0 Å². The van der Waals surface area contributed by atoms with Gasteiger partial charge < -0.3 is 9.80 Å². The van der Waals surface area contributed by atoms with Crippen molar-refractivity contribution >= 4 is 5.69 Å². The van der Waals surface area contributed by atoms with Crippen LogP contribution in [0.25, 0.3) is 0 Å². The first-order valence-corrected chi connectivity index (χ1v) is 11.0. The van der Waals surface area contributed by atoms with Crippen molar-refractivity contribution in [3.63, 3.8) is 0 Å². The van der Waals surface area contributed by atoms with Crippen LogP contribution in [-0.2, 0) is 5.54 Å². The number of aryl methyl sites for hydroxylation is 2. The summed E-state index contributed by atoms with van der Waals surface area (Å²) in [7, 11) is 0. The van der Waals surface area contributed by atoms with Crippen molar-refractivity contribution in [3.05, 3.63) is 70.8 Å². The molecule has 2 aromatic carbocycles. The molecule has 1 saturated heterocycles. The van der Waals surface area contributed by atoms with Crippen LogP contribution in [0.1, 0.15) is 49.3 Å². The zero-order valence-electron chi connectivity index (χ0n) is 19.1. The Morgan fingerprint density at radius 1 is 1.03 bits per heavy atom. The van der Waals surface area contributed by atoms with Crippen molar-refractivity contribution in [1.29, 1.82) is 0 Å². The van der Waals surface area contributed by atoms with Crippen molar-refractivity contribution in [3.8, 4) is 0 Å². The van der Waals surface area contributed by atoms with Crippen LogP contribution >= 0.6 is 0 Å². The van der Waals surface area contributed by atoms with Gasteiger partial charge in [-0.25, -0.2) is 9.07 Å². The molecule has 0 saturated carbocycles. The molecular weight excluding hydrogens is 391 g/mol. The van der Waals surface area contributed by atoms with Gasteiger partial charge in [-0.1, -0.05) is 24.3 Å². The molecule has 1 aromatic heterocycles. The van der Waals surface area contributed by atoms with Gasteiger partial charge in [0.1, 0.15) is 5.82 Å². The van der Waals surface area contributed by atoms with E-state index in [4.69, 9.17) is 0 Å². The number of quaternary nitrogens is 1. The molecule has 7 heteroatoms. The Hall–Kier alpha value is -2.80. The number of tetrazole rings is 1. The van der Waals surface area contributed by atoms with Gasteiger partial charge in [0.25, 0.3) is 0 Å².